The molecule has 1 aromatic heterocycles. The van der Waals surface area contributed by atoms with Crippen molar-refractivity contribution in [1.29, 1.82) is 0 Å². The number of halogens is 2. The van der Waals surface area contributed by atoms with E-state index in [4.69, 9.17) is 4.99 Å². The van der Waals surface area contributed by atoms with Gasteiger partial charge in [-0.3, -0.25) is 4.99 Å². The fourth-order valence-corrected chi connectivity index (χ4v) is 3.78. The molecule has 1 atom stereocenters. The number of nitrogens with zero attached hydrogens (tertiary/aromatic N) is 3. The van der Waals surface area contributed by atoms with E-state index in [-0.39, 0.29) is 11.9 Å². The van der Waals surface area contributed by atoms with Crippen LogP contribution in [-0.2, 0) is 0 Å². The summed E-state index contributed by atoms with van der Waals surface area (Å²) in [4.78, 5) is 11.5. The lowest BCUT2D eigenvalue weighted by Crippen LogP contribution is -2.37. The molecule has 0 fully saturated rings. The van der Waals surface area contributed by atoms with E-state index in [1.807, 2.05) is 11.4 Å². The first-order chi connectivity index (χ1) is 10.2. The van der Waals surface area contributed by atoms with Crippen LogP contribution in [0.2, 0.25) is 0 Å². The molecule has 0 saturated heterocycles. The van der Waals surface area contributed by atoms with Gasteiger partial charge in [-0.2, -0.15) is 0 Å². The molecule has 110 valence electrons. The number of aliphatic imine (C=N–C) groups is 1. The number of aromatic nitrogens is 1. The van der Waals surface area contributed by atoms with Crippen molar-refractivity contribution in [2.75, 3.05) is 13.1 Å². The van der Waals surface area contributed by atoms with E-state index in [0.717, 1.165) is 40.4 Å². The van der Waals surface area contributed by atoms with Crippen molar-refractivity contribution in [3.63, 3.8) is 0 Å². The van der Waals surface area contributed by atoms with Crippen LogP contribution in [0, 0.1) is 5.82 Å². The Balaban J connectivity index is 1.99. The first-order valence-corrected chi connectivity index (χ1v) is 8.54. The van der Waals surface area contributed by atoms with Crippen LogP contribution < -0.4 is 0 Å². The van der Waals surface area contributed by atoms with Crippen molar-refractivity contribution in [1.82, 2.24) is 9.88 Å². The lowest BCUT2D eigenvalue weighted by Gasteiger charge is -2.31. The highest BCUT2D eigenvalue weighted by Crippen LogP contribution is 2.33. The molecule has 0 N–H and O–H groups in total. The van der Waals surface area contributed by atoms with Gasteiger partial charge < -0.3 is 4.90 Å². The molecular formula is C15H15BrFN3S. The van der Waals surface area contributed by atoms with Crippen LogP contribution in [-0.4, -0.2) is 28.8 Å². The molecule has 1 aliphatic heterocycles. The molecule has 0 spiro atoms. The Kier molecular flexibility index (Phi) is 4.35. The van der Waals surface area contributed by atoms with Crippen molar-refractivity contribution < 1.29 is 4.39 Å². The molecule has 0 saturated carbocycles. The van der Waals surface area contributed by atoms with Crippen LogP contribution in [0.15, 0.2) is 39.2 Å². The largest absolute Gasteiger partial charge is 0.355 e. The van der Waals surface area contributed by atoms with Crippen LogP contribution in [0.1, 0.15) is 30.0 Å². The van der Waals surface area contributed by atoms with Crippen molar-refractivity contribution in [2.24, 2.45) is 4.99 Å². The average molecular weight is 368 g/mol. The van der Waals surface area contributed by atoms with E-state index in [9.17, 15) is 4.39 Å². The van der Waals surface area contributed by atoms with E-state index in [1.54, 1.807) is 17.5 Å². The van der Waals surface area contributed by atoms with Gasteiger partial charge in [0.2, 0.25) is 0 Å². The molecule has 0 aliphatic carbocycles. The van der Waals surface area contributed by atoms with Crippen LogP contribution >= 0.6 is 27.3 Å². The maximum absolute atomic E-state index is 13.2. The highest BCUT2D eigenvalue weighted by Gasteiger charge is 2.25. The summed E-state index contributed by atoms with van der Waals surface area (Å²) in [5, 5.41) is 2.91. The topological polar surface area (TPSA) is 28.5 Å². The van der Waals surface area contributed by atoms with E-state index in [2.05, 4.69) is 32.7 Å². The molecular weight excluding hydrogens is 353 g/mol. The molecule has 3 rings (SSSR count). The average Bonchev–Trinajstić information content (AvgIpc) is 3.01. The molecule has 0 bridgehead atoms. The molecule has 2 heterocycles. The van der Waals surface area contributed by atoms with Gasteiger partial charge in [0.05, 0.1) is 6.04 Å². The molecule has 0 amide bonds. The minimum absolute atomic E-state index is 0.0432. The van der Waals surface area contributed by atoms with Gasteiger partial charge >= 0.3 is 0 Å². The van der Waals surface area contributed by atoms with Crippen molar-refractivity contribution >= 4 is 33.1 Å². The second-order valence-corrected chi connectivity index (χ2v) is 6.59. The van der Waals surface area contributed by atoms with E-state index in [1.165, 1.54) is 12.1 Å². The summed E-state index contributed by atoms with van der Waals surface area (Å²) in [6, 6.07) is 4.85. The molecule has 2 aromatic rings. The lowest BCUT2D eigenvalue weighted by atomic mass is 10.0. The van der Waals surface area contributed by atoms with Crippen LogP contribution in [0.3, 0.4) is 0 Å². The number of rotatable bonds is 3. The molecule has 3 nitrogen and oxygen atoms in total. The van der Waals surface area contributed by atoms with Gasteiger partial charge in [0.15, 0.2) is 10.8 Å². The van der Waals surface area contributed by atoms with Gasteiger partial charge in [0, 0.05) is 29.1 Å². The second-order valence-electron chi connectivity index (χ2n) is 4.84. The molecule has 0 unspecified atom stereocenters. The van der Waals surface area contributed by atoms with E-state index in [0.29, 0.717) is 0 Å². The first kappa shape index (κ1) is 14.7. The summed E-state index contributed by atoms with van der Waals surface area (Å²) < 4.78 is 14.0. The minimum atomic E-state index is -0.235. The lowest BCUT2D eigenvalue weighted by molar-refractivity contribution is 0.381. The van der Waals surface area contributed by atoms with Gasteiger partial charge in [-0.25, -0.2) is 9.37 Å². The molecule has 6 heteroatoms. The zero-order chi connectivity index (χ0) is 14.8. The van der Waals surface area contributed by atoms with Crippen molar-refractivity contribution in [3.05, 3.63) is 50.6 Å². The Morgan fingerprint density at radius 3 is 3.00 bits per heavy atom. The SMILES string of the molecule is CCN1CC[C@H](c2ccc(F)cc2Br)N=C1c1nccs1. The standard InChI is InChI=1S/C15H15BrFN3S/c1-2-20-7-5-13(11-4-3-10(17)9-12(11)16)19-14(20)15-18-6-8-21-15/h3-4,6,8-9,13H,2,5,7H2,1H3/t13-/m1/s1. The summed E-state index contributed by atoms with van der Waals surface area (Å²) in [7, 11) is 0. The summed E-state index contributed by atoms with van der Waals surface area (Å²) in [5.41, 5.74) is 1.03. The molecule has 21 heavy (non-hydrogen) atoms. The summed E-state index contributed by atoms with van der Waals surface area (Å²) in [6.07, 6.45) is 2.72. The number of benzene rings is 1. The van der Waals surface area contributed by atoms with Gasteiger partial charge in [0.25, 0.3) is 0 Å². The van der Waals surface area contributed by atoms with Gasteiger partial charge in [-0.1, -0.05) is 22.0 Å². The van der Waals surface area contributed by atoms with Crippen molar-refractivity contribution in [2.45, 2.75) is 19.4 Å². The Bertz CT molecular complexity index is 657. The molecule has 1 aliphatic rings. The summed E-state index contributed by atoms with van der Waals surface area (Å²) in [6.45, 7) is 3.97. The van der Waals surface area contributed by atoms with Crippen LogP contribution in [0.5, 0.6) is 0 Å². The monoisotopic (exact) mass is 367 g/mol. The summed E-state index contributed by atoms with van der Waals surface area (Å²) in [5.74, 6) is 0.709. The number of hydrogen-bond acceptors (Lipinski definition) is 4. The predicted octanol–water partition coefficient (Wildman–Crippen LogP) is 4.26. The minimum Gasteiger partial charge on any atom is -0.355 e. The maximum atomic E-state index is 13.2. The Hall–Kier alpha value is -1.27. The Labute approximate surface area is 135 Å². The third-order valence-corrected chi connectivity index (χ3v) is 5.03. The fraction of sp³-hybridized carbons (Fsp3) is 0.333. The quantitative estimate of drug-likeness (QED) is 0.810. The van der Waals surface area contributed by atoms with E-state index < -0.39 is 0 Å². The fourth-order valence-electron chi connectivity index (χ4n) is 2.51. The Morgan fingerprint density at radius 1 is 1.48 bits per heavy atom. The highest BCUT2D eigenvalue weighted by molar-refractivity contribution is 9.10. The summed E-state index contributed by atoms with van der Waals surface area (Å²) >= 11 is 5.04. The van der Waals surface area contributed by atoms with Crippen LogP contribution in [0.4, 0.5) is 4.39 Å². The molecule has 1 aromatic carbocycles. The zero-order valence-corrected chi connectivity index (χ0v) is 14.0. The van der Waals surface area contributed by atoms with Gasteiger partial charge in [-0.15, -0.1) is 11.3 Å². The second kappa shape index (κ2) is 6.23. The van der Waals surface area contributed by atoms with Gasteiger partial charge in [0.1, 0.15) is 5.82 Å². The smallest absolute Gasteiger partial charge is 0.161 e. The normalized spacial score (nSPS) is 18.7. The van der Waals surface area contributed by atoms with Crippen LogP contribution in [0.25, 0.3) is 0 Å². The van der Waals surface area contributed by atoms with E-state index >= 15 is 0 Å². The third-order valence-electron chi connectivity index (χ3n) is 3.58. The third kappa shape index (κ3) is 3.01. The zero-order valence-electron chi connectivity index (χ0n) is 11.6. The Morgan fingerprint density at radius 2 is 2.33 bits per heavy atom. The predicted molar refractivity (Wildman–Crippen MR) is 87.4 cm³/mol. The number of hydrogen-bond donors (Lipinski definition) is 0. The van der Waals surface area contributed by atoms with Gasteiger partial charge in [-0.05, 0) is 31.0 Å². The number of thiazole rings is 1. The maximum Gasteiger partial charge on any atom is 0.161 e. The first-order valence-electron chi connectivity index (χ1n) is 6.86. The van der Waals surface area contributed by atoms with Crippen molar-refractivity contribution in [3.8, 4) is 0 Å². The highest BCUT2D eigenvalue weighted by atomic mass is 79.9. The number of amidine groups is 1. The molecule has 0 radical (unpaired) electrons.